The summed E-state index contributed by atoms with van der Waals surface area (Å²) in [7, 11) is 3.99. The van der Waals surface area contributed by atoms with Gasteiger partial charge in [0.25, 0.3) is 0 Å². The minimum absolute atomic E-state index is 0.427. The lowest BCUT2D eigenvalue weighted by atomic mass is 10.1. The van der Waals surface area contributed by atoms with Gasteiger partial charge in [0.05, 0.1) is 11.7 Å². The zero-order valence-corrected chi connectivity index (χ0v) is 17.3. The van der Waals surface area contributed by atoms with E-state index >= 15 is 0 Å². The summed E-state index contributed by atoms with van der Waals surface area (Å²) in [6, 6.07) is 8.79. The molecule has 0 amide bonds. The van der Waals surface area contributed by atoms with Crippen molar-refractivity contribution in [2.24, 2.45) is 0 Å². The third-order valence-electron chi connectivity index (χ3n) is 5.30. The number of likely N-dealkylation sites (tertiary alicyclic amines) is 1. The molecule has 148 valence electrons. The summed E-state index contributed by atoms with van der Waals surface area (Å²) < 4.78 is 4.00. The van der Waals surface area contributed by atoms with Crippen LogP contribution in [-0.2, 0) is 6.54 Å². The quantitative estimate of drug-likeness (QED) is 0.658. The smallest absolute Gasteiger partial charge is 0.211 e. The van der Waals surface area contributed by atoms with Gasteiger partial charge in [0, 0.05) is 39.4 Å². The van der Waals surface area contributed by atoms with Crippen molar-refractivity contribution < 1.29 is 0 Å². The molecule has 3 aromatic rings. The molecule has 0 aliphatic carbocycles. The van der Waals surface area contributed by atoms with Crippen LogP contribution in [0.15, 0.2) is 36.9 Å². The van der Waals surface area contributed by atoms with Crippen molar-refractivity contribution in [2.75, 3.05) is 32.1 Å². The molecule has 0 saturated carbocycles. The normalized spacial score (nSPS) is 15.9. The van der Waals surface area contributed by atoms with Crippen LogP contribution in [0.5, 0.6) is 0 Å². The van der Waals surface area contributed by atoms with Gasteiger partial charge in [-0.3, -0.25) is 9.47 Å². The van der Waals surface area contributed by atoms with Crippen LogP contribution in [0.2, 0.25) is 5.15 Å². The Morgan fingerprint density at radius 1 is 1.14 bits per heavy atom. The second-order valence-corrected chi connectivity index (χ2v) is 7.96. The number of halogens is 1. The Bertz CT molecular complexity index is 907. The molecule has 0 atom stereocenters. The number of imidazole rings is 1. The molecule has 7 nitrogen and oxygen atoms in total. The number of benzene rings is 1. The summed E-state index contributed by atoms with van der Waals surface area (Å²) in [4.78, 5) is 13.3. The largest absolute Gasteiger partial charge is 0.348 e. The number of hydrogen-bond acceptors (Lipinski definition) is 5. The number of aryl methyl sites for hydroxylation is 1. The van der Waals surface area contributed by atoms with E-state index in [1.54, 1.807) is 6.33 Å². The summed E-state index contributed by atoms with van der Waals surface area (Å²) in [6.45, 7) is 4.83. The fraction of sp³-hybridized carbons (Fsp3) is 0.450. The van der Waals surface area contributed by atoms with Gasteiger partial charge < -0.3 is 4.90 Å². The topological polar surface area (TPSA) is 55.0 Å². The molecule has 3 heterocycles. The first-order valence-corrected chi connectivity index (χ1v) is 9.98. The molecule has 8 heteroatoms. The van der Waals surface area contributed by atoms with Gasteiger partial charge in [-0.25, -0.2) is 14.6 Å². The predicted octanol–water partition coefficient (Wildman–Crippen LogP) is 3.33. The molecule has 1 saturated heterocycles. The van der Waals surface area contributed by atoms with Crippen LogP contribution in [0.25, 0.3) is 5.69 Å². The van der Waals surface area contributed by atoms with Crippen LogP contribution in [0.3, 0.4) is 0 Å². The Morgan fingerprint density at radius 3 is 2.46 bits per heavy atom. The van der Waals surface area contributed by atoms with Gasteiger partial charge in [-0.15, -0.1) is 0 Å². The molecular weight excluding hydrogens is 374 g/mol. The van der Waals surface area contributed by atoms with Crippen molar-refractivity contribution in [2.45, 2.75) is 32.4 Å². The van der Waals surface area contributed by atoms with Crippen molar-refractivity contribution in [3.05, 3.63) is 53.3 Å². The van der Waals surface area contributed by atoms with Crippen molar-refractivity contribution in [1.82, 2.24) is 29.2 Å². The second kappa shape index (κ2) is 7.93. The molecule has 0 unspecified atom stereocenters. The molecule has 1 fully saturated rings. The highest BCUT2D eigenvalue weighted by molar-refractivity contribution is 6.30. The van der Waals surface area contributed by atoms with Gasteiger partial charge in [0.15, 0.2) is 0 Å². The molecule has 1 aromatic carbocycles. The van der Waals surface area contributed by atoms with Crippen molar-refractivity contribution in [3.8, 4) is 5.69 Å². The second-order valence-electron chi connectivity index (χ2n) is 7.60. The highest BCUT2D eigenvalue weighted by Gasteiger charge is 2.24. The molecule has 0 N–H and O–H groups in total. The number of aromatic nitrogens is 5. The Balaban J connectivity index is 1.52. The zero-order valence-electron chi connectivity index (χ0n) is 16.6. The molecule has 4 rings (SSSR count). The summed E-state index contributed by atoms with van der Waals surface area (Å²) in [5.74, 6) is 0.848. The maximum absolute atomic E-state index is 6.80. The highest BCUT2D eigenvalue weighted by Crippen LogP contribution is 2.30. The molecule has 0 bridgehead atoms. The van der Waals surface area contributed by atoms with Crippen LogP contribution >= 0.6 is 11.6 Å². The number of piperidine rings is 1. The van der Waals surface area contributed by atoms with Crippen LogP contribution in [0.1, 0.15) is 30.1 Å². The van der Waals surface area contributed by atoms with Crippen LogP contribution in [0.4, 0.5) is 5.95 Å². The molecule has 1 aliphatic heterocycles. The standard InChI is InChI=1S/C20H26ClN7/c1-15-4-6-17(7-5-15)28-19(21)18(24-20(28)25(2)3)12-26-10-8-16(9-11-26)27-14-22-13-23-27/h4-7,13-14,16H,8-12H2,1-3H3. The number of nitrogens with zero attached hydrogens (tertiary/aromatic N) is 7. The summed E-state index contributed by atoms with van der Waals surface area (Å²) >= 11 is 6.80. The molecule has 0 spiro atoms. The van der Waals surface area contributed by atoms with Gasteiger partial charge in [0.1, 0.15) is 17.8 Å². The maximum atomic E-state index is 6.80. The van der Waals surface area contributed by atoms with Gasteiger partial charge >= 0.3 is 0 Å². The maximum Gasteiger partial charge on any atom is 0.211 e. The van der Waals surface area contributed by atoms with E-state index in [0.717, 1.165) is 49.8 Å². The number of rotatable bonds is 5. The zero-order chi connectivity index (χ0) is 19.7. The fourth-order valence-corrected chi connectivity index (χ4v) is 3.99. The van der Waals surface area contributed by atoms with Gasteiger partial charge in [-0.1, -0.05) is 29.3 Å². The number of hydrogen-bond donors (Lipinski definition) is 0. The van der Waals surface area contributed by atoms with Crippen LogP contribution in [-0.4, -0.2) is 56.4 Å². The Morgan fingerprint density at radius 2 is 1.86 bits per heavy atom. The van der Waals surface area contributed by atoms with E-state index in [1.807, 2.05) is 34.6 Å². The van der Waals surface area contributed by atoms with E-state index in [4.69, 9.17) is 16.6 Å². The predicted molar refractivity (Wildman–Crippen MR) is 111 cm³/mol. The lowest BCUT2D eigenvalue weighted by Crippen LogP contribution is -2.34. The lowest BCUT2D eigenvalue weighted by molar-refractivity contribution is 0.172. The molecule has 2 aromatic heterocycles. The van der Waals surface area contributed by atoms with E-state index in [9.17, 15) is 0 Å². The Labute approximate surface area is 170 Å². The third-order valence-corrected chi connectivity index (χ3v) is 5.69. The lowest BCUT2D eigenvalue weighted by Gasteiger charge is -2.31. The Hall–Kier alpha value is -2.38. The van der Waals surface area contributed by atoms with Crippen LogP contribution < -0.4 is 4.90 Å². The molecule has 0 radical (unpaired) electrons. The minimum Gasteiger partial charge on any atom is -0.348 e. The van der Waals surface area contributed by atoms with E-state index in [-0.39, 0.29) is 0 Å². The van der Waals surface area contributed by atoms with Crippen molar-refractivity contribution in [1.29, 1.82) is 0 Å². The minimum atomic E-state index is 0.427. The summed E-state index contributed by atoms with van der Waals surface area (Å²) in [6.07, 6.45) is 5.52. The first kappa shape index (κ1) is 19.0. The van der Waals surface area contributed by atoms with Crippen molar-refractivity contribution >= 4 is 17.5 Å². The average molecular weight is 400 g/mol. The van der Waals surface area contributed by atoms with Crippen molar-refractivity contribution in [3.63, 3.8) is 0 Å². The monoisotopic (exact) mass is 399 g/mol. The fourth-order valence-electron chi connectivity index (χ4n) is 3.72. The first-order chi connectivity index (χ1) is 13.5. The van der Waals surface area contributed by atoms with E-state index in [2.05, 4.69) is 46.2 Å². The Kier molecular flexibility index (Phi) is 5.37. The third kappa shape index (κ3) is 3.77. The summed E-state index contributed by atoms with van der Waals surface area (Å²) in [5, 5.41) is 4.97. The SMILES string of the molecule is Cc1ccc(-n2c(N(C)C)nc(CN3CCC(n4cncn4)CC3)c2Cl)cc1. The first-order valence-electron chi connectivity index (χ1n) is 9.61. The van der Waals surface area contributed by atoms with E-state index in [1.165, 1.54) is 5.56 Å². The highest BCUT2D eigenvalue weighted by atomic mass is 35.5. The molecule has 28 heavy (non-hydrogen) atoms. The summed E-state index contributed by atoms with van der Waals surface area (Å²) in [5.41, 5.74) is 3.18. The molecular formula is C20H26ClN7. The average Bonchev–Trinajstić information content (AvgIpc) is 3.33. The van der Waals surface area contributed by atoms with Crippen LogP contribution in [0, 0.1) is 6.92 Å². The van der Waals surface area contributed by atoms with Gasteiger partial charge in [0.2, 0.25) is 5.95 Å². The number of anilines is 1. The van der Waals surface area contributed by atoms with Gasteiger partial charge in [-0.2, -0.15) is 5.10 Å². The van der Waals surface area contributed by atoms with E-state index < -0.39 is 0 Å². The van der Waals surface area contributed by atoms with Gasteiger partial charge in [-0.05, 0) is 31.9 Å². The van der Waals surface area contributed by atoms with E-state index in [0.29, 0.717) is 11.2 Å². The molecule has 1 aliphatic rings.